The molecule has 9 nitrogen and oxygen atoms in total. The van der Waals surface area contributed by atoms with E-state index in [0.717, 1.165) is 45.5 Å². The molecular weight excluding hydrogens is 733 g/mol. The Morgan fingerprint density at radius 3 is 0.920 bits per heavy atom. The van der Waals surface area contributed by atoms with Gasteiger partial charge in [0.25, 0.3) is 0 Å². The van der Waals surface area contributed by atoms with Gasteiger partial charge in [-0.3, -0.25) is 0 Å². The van der Waals surface area contributed by atoms with Crippen LogP contribution in [0.3, 0.4) is 0 Å². The Balaban J connectivity index is -0.0000000287. The highest BCUT2D eigenvalue weighted by atomic mass is 28.2. The van der Waals surface area contributed by atoms with Crippen molar-refractivity contribution in [2.24, 2.45) is 0 Å². The summed E-state index contributed by atoms with van der Waals surface area (Å²) in [6.07, 6.45) is 9.23. The zero-order valence-corrected chi connectivity index (χ0v) is 41.5. The standard InChI is InChI=1S/C8H18O.C6H16O2Si.C4H12OSi.C4H10O.4C2H8OSi.5CH4/c1-3-5-6-8-9-7-4-2;1-9-6-2-4-8-5-3-7;1-6-4-2-3-5;1-2-3-4-5;4*1-3-4-2;;;;;/h3-8H2,1-2H3;7H,2-6,9H2,1H3;5H,2-4,6H2,1H3;5H,2-4H2,1H3;4*4H2,1-2H3;5*1H4. The fourth-order valence-corrected chi connectivity index (χ4v) is 3.27. The fraction of sp³-hybridized carbons (Fsp3) is 1.00. The van der Waals surface area contributed by atoms with Gasteiger partial charge in [-0.15, -0.1) is 0 Å². The quantitative estimate of drug-likeness (QED) is 0.0998. The first-order valence-electron chi connectivity index (χ1n) is 17.8. The summed E-state index contributed by atoms with van der Waals surface area (Å²) in [6.45, 7) is 23.5. The Morgan fingerprint density at radius 2 is 0.700 bits per heavy atom. The van der Waals surface area contributed by atoms with Gasteiger partial charge in [0.15, 0.2) is 39.1 Å². The van der Waals surface area contributed by atoms with Gasteiger partial charge in [-0.25, -0.2) is 0 Å². The normalized spacial score (nSPS) is 9.36. The number of unbranched alkanes of at least 4 members (excludes halogenated alkanes) is 3. The van der Waals surface area contributed by atoms with Crippen LogP contribution in [0.15, 0.2) is 0 Å². The summed E-state index contributed by atoms with van der Waals surface area (Å²) >= 11 is 0. The first-order chi connectivity index (χ1) is 21.8. The first-order valence-corrected chi connectivity index (χ1v) is 30.5. The third-order valence-corrected chi connectivity index (χ3v) is 9.52. The Morgan fingerprint density at radius 1 is 0.380 bits per heavy atom. The molecule has 0 aliphatic rings. The third kappa shape index (κ3) is 234. The Hall–Kier alpha value is 0.941. The van der Waals surface area contributed by atoms with Crippen LogP contribution >= 0.6 is 0 Å². The molecule has 0 aromatic carbocycles. The second-order valence-electron chi connectivity index (χ2n) is 9.18. The van der Waals surface area contributed by atoms with E-state index < -0.39 is 0 Å². The minimum Gasteiger partial charge on any atom is -0.427 e. The van der Waals surface area contributed by atoms with Crippen LogP contribution in [-0.2, 0) is 27.2 Å². The summed E-state index contributed by atoms with van der Waals surface area (Å²) < 4.78 is 29.1. The van der Waals surface area contributed by atoms with Gasteiger partial charge in [0, 0.05) is 80.5 Å². The van der Waals surface area contributed by atoms with Crippen LogP contribution < -0.4 is 0 Å². The Labute approximate surface area is 334 Å². The lowest BCUT2D eigenvalue weighted by Crippen LogP contribution is -2.00. The number of ether oxygens (including phenoxy) is 2. The third-order valence-electron chi connectivity index (χ3n) is 4.80. The highest BCUT2D eigenvalue weighted by Crippen LogP contribution is 1.94. The SMILES string of the molecule is C.C.C.C.C.CCCCCOCCC.CCCCO.CO[SiH2]C.CO[SiH2]C.CO[SiH2]C.CO[SiH2]C.C[SiH2]CCCO.C[SiH2]CCCOCCO. The molecule has 0 amide bonds. The second kappa shape index (κ2) is 133. The predicted molar refractivity (Wildman–Crippen MR) is 255 cm³/mol. The summed E-state index contributed by atoms with van der Waals surface area (Å²) in [6, 6.07) is 2.67. The van der Waals surface area contributed by atoms with Crippen molar-refractivity contribution >= 4 is 58.1 Å². The van der Waals surface area contributed by atoms with Crippen molar-refractivity contribution in [2.75, 3.05) is 74.7 Å². The van der Waals surface area contributed by atoms with Gasteiger partial charge in [-0.2, -0.15) is 0 Å². The van der Waals surface area contributed by atoms with Crippen LogP contribution in [0.25, 0.3) is 0 Å². The molecule has 0 unspecified atom stereocenters. The molecule has 0 aromatic heterocycles. The predicted octanol–water partition coefficient (Wildman–Crippen LogP) is 5.65. The number of aliphatic hydroxyl groups excluding tert-OH is 3. The van der Waals surface area contributed by atoms with Crippen molar-refractivity contribution in [1.82, 2.24) is 0 Å². The molecule has 0 aliphatic carbocycles. The summed E-state index contributed by atoms with van der Waals surface area (Å²) in [5, 5.41) is 24.6. The number of aliphatic hydroxyl groups is 3. The van der Waals surface area contributed by atoms with Crippen molar-refractivity contribution in [2.45, 2.75) is 161 Å². The molecule has 0 atom stereocenters. The van der Waals surface area contributed by atoms with Crippen LogP contribution in [0.5, 0.6) is 0 Å². The van der Waals surface area contributed by atoms with Gasteiger partial charge in [0.05, 0.1) is 13.2 Å². The molecule has 0 aromatic rings. The lowest BCUT2D eigenvalue weighted by molar-refractivity contribution is 0.0928. The van der Waals surface area contributed by atoms with Crippen LogP contribution in [0.2, 0.25) is 51.4 Å². The van der Waals surface area contributed by atoms with Gasteiger partial charge in [0.2, 0.25) is 0 Å². The van der Waals surface area contributed by atoms with E-state index in [1.54, 1.807) is 28.4 Å². The van der Waals surface area contributed by atoms with Crippen molar-refractivity contribution in [3.05, 3.63) is 0 Å². The molecule has 0 saturated carbocycles. The maximum atomic E-state index is 8.31. The molecule has 0 rings (SSSR count). The number of hydrogen-bond donors (Lipinski definition) is 3. The van der Waals surface area contributed by atoms with Gasteiger partial charge in [-0.1, -0.05) is 129 Å². The Bertz CT molecular complexity index is 284. The number of rotatable bonds is 21. The van der Waals surface area contributed by atoms with Crippen LogP contribution in [0.1, 0.15) is 109 Å². The van der Waals surface area contributed by atoms with Crippen molar-refractivity contribution < 1.29 is 42.5 Å². The molecule has 0 aliphatic heterocycles. The molecule has 0 fully saturated rings. The molecule has 50 heavy (non-hydrogen) atoms. The van der Waals surface area contributed by atoms with Gasteiger partial charge < -0.3 is 42.5 Å². The Kier molecular flexibility index (Phi) is 236. The largest absolute Gasteiger partial charge is 0.427 e. The first kappa shape index (κ1) is 88.3. The van der Waals surface area contributed by atoms with E-state index >= 15 is 0 Å². The summed E-state index contributed by atoms with van der Waals surface area (Å²) in [4.78, 5) is 0. The van der Waals surface area contributed by atoms with Crippen LogP contribution in [-0.4, -0.2) is 148 Å². The highest BCUT2D eigenvalue weighted by molar-refractivity contribution is 6.33. The lowest BCUT2D eigenvalue weighted by atomic mass is 10.3. The molecule has 0 bridgehead atoms. The average molecular weight is 842 g/mol. The molecule has 0 radical (unpaired) electrons. The van der Waals surface area contributed by atoms with Crippen molar-refractivity contribution in [3.8, 4) is 0 Å². The molecule has 0 saturated heterocycles. The molecular formula is C35H108O9Si6. The molecule has 0 heterocycles. The minimum atomic E-state index is -0.0756. The van der Waals surface area contributed by atoms with Gasteiger partial charge in [0.1, 0.15) is 0 Å². The van der Waals surface area contributed by atoms with Gasteiger partial charge in [-0.05, 0) is 32.1 Å². The maximum absolute atomic E-state index is 8.31. The fourth-order valence-electron chi connectivity index (χ4n) is 1.84. The molecule has 0 spiro atoms. The topological polar surface area (TPSA) is 116 Å². The second-order valence-corrected chi connectivity index (χ2v) is 17.2. The van der Waals surface area contributed by atoms with Crippen molar-refractivity contribution in [3.63, 3.8) is 0 Å². The number of hydrogen-bond acceptors (Lipinski definition) is 9. The minimum absolute atomic E-state index is 0. The van der Waals surface area contributed by atoms with Crippen LogP contribution in [0.4, 0.5) is 0 Å². The van der Waals surface area contributed by atoms with E-state index in [2.05, 4.69) is 77.8 Å². The lowest BCUT2D eigenvalue weighted by Gasteiger charge is -1.99. The van der Waals surface area contributed by atoms with E-state index in [4.69, 9.17) is 24.8 Å². The zero-order chi connectivity index (χ0) is 36.5. The monoisotopic (exact) mass is 841 g/mol. The maximum Gasteiger partial charge on any atom is 0.157 e. The summed E-state index contributed by atoms with van der Waals surface area (Å²) in [7, 11) is 7.15. The van der Waals surface area contributed by atoms with Gasteiger partial charge >= 0.3 is 0 Å². The molecule has 326 valence electrons. The smallest absolute Gasteiger partial charge is 0.157 e. The summed E-state index contributed by atoms with van der Waals surface area (Å²) in [5.74, 6) is 0. The van der Waals surface area contributed by atoms with E-state index in [1.807, 2.05) is 0 Å². The zero-order valence-electron chi connectivity index (χ0n) is 33.1. The highest BCUT2D eigenvalue weighted by Gasteiger charge is 1.86. The van der Waals surface area contributed by atoms with Crippen LogP contribution in [0, 0.1) is 0 Å². The van der Waals surface area contributed by atoms with Crippen molar-refractivity contribution in [1.29, 1.82) is 0 Å². The average Bonchev–Trinajstić information content (AvgIpc) is 3.09. The summed E-state index contributed by atoms with van der Waals surface area (Å²) in [5.41, 5.74) is 0. The van der Waals surface area contributed by atoms with E-state index in [0.29, 0.717) is 19.8 Å². The van der Waals surface area contributed by atoms with E-state index in [-0.39, 0.29) is 102 Å². The van der Waals surface area contributed by atoms with E-state index in [1.165, 1.54) is 37.8 Å². The molecule has 15 heteroatoms. The van der Waals surface area contributed by atoms with E-state index in [9.17, 15) is 0 Å². The molecule has 3 N–H and O–H groups in total.